The average Bonchev–Trinajstić information content (AvgIpc) is 3.27. The van der Waals surface area contributed by atoms with Gasteiger partial charge in [0.15, 0.2) is 0 Å². The Labute approximate surface area is 145 Å². The number of aromatic nitrogens is 1. The van der Waals surface area contributed by atoms with Crippen LogP contribution in [0.25, 0.3) is 10.9 Å². The SMILES string of the molecule is O=C(c1cc2ccc(O)cc2[nH]1)N1CCC(OCc2ccccc2)C1. The van der Waals surface area contributed by atoms with Crippen LogP contribution in [0.4, 0.5) is 0 Å². The van der Waals surface area contributed by atoms with Crippen molar-refractivity contribution in [3.8, 4) is 5.75 Å². The van der Waals surface area contributed by atoms with Crippen LogP contribution in [0.2, 0.25) is 0 Å². The summed E-state index contributed by atoms with van der Waals surface area (Å²) in [6, 6.07) is 16.9. The zero-order valence-corrected chi connectivity index (χ0v) is 13.8. The normalized spacial score (nSPS) is 17.3. The molecule has 3 aromatic rings. The van der Waals surface area contributed by atoms with E-state index in [-0.39, 0.29) is 17.8 Å². The molecule has 1 aliphatic rings. The summed E-state index contributed by atoms with van der Waals surface area (Å²) < 4.78 is 5.94. The Bertz CT molecular complexity index is 888. The molecule has 0 spiro atoms. The van der Waals surface area contributed by atoms with Crippen molar-refractivity contribution in [2.24, 2.45) is 0 Å². The van der Waals surface area contributed by atoms with Gasteiger partial charge < -0.3 is 19.7 Å². The summed E-state index contributed by atoms with van der Waals surface area (Å²) in [7, 11) is 0. The third-order valence-electron chi connectivity index (χ3n) is 4.60. The van der Waals surface area contributed by atoms with Crippen molar-refractivity contribution in [1.29, 1.82) is 0 Å². The van der Waals surface area contributed by atoms with Gasteiger partial charge in [-0.15, -0.1) is 0 Å². The number of rotatable bonds is 4. The Hall–Kier alpha value is -2.79. The van der Waals surface area contributed by atoms with Crippen LogP contribution in [0.5, 0.6) is 5.75 Å². The molecule has 1 atom stereocenters. The third-order valence-corrected chi connectivity index (χ3v) is 4.60. The van der Waals surface area contributed by atoms with Gasteiger partial charge >= 0.3 is 0 Å². The molecule has 1 fully saturated rings. The molecule has 5 heteroatoms. The number of carbonyl (C=O) groups excluding carboxylic acids is 1. The van der Waals surface area contributed by atoms with Gasteiger partial charge in [-0.2, -0.15) is 0 Å². The van der Waals surface area contributed by atoms with Gasteiger partial charge in [-0.05, 0) is 30.2 Å². The van der Waals surface area contributed by atoms with Crippen LogP contribution in [0, 0.1) is 0 Å². The van der Waals surface area contributed by atoms with Crippen LogP contribution in [0.15, 0.2) is 54.6 Å². The first kappa shape index (κ1) is 15.7. The first-order valence-electron chi connectivity index (χ1n) is 8.45. The maximum Gasteiger partial charge on any atom is 0.270 e. The summed E-state index contributed by atoms with van der Waals surface area (Å²) >= 11 is 0. The van der Waals surface area contributed by atoms with Crippen LogP contribution in [0.1, 0.15) is 22.5 Å². The summed E-state index contributed by atoms with van der Waals surface area (Å²) in [5.74, 6) is 0.158. The standard InChI is InChI=1S/C20H20N2O3/c23-16-7-6-15-10-19(21-18(15)11-16)20(24)22-9-8-17(12-22)25-13-14-4-2-1-3-5-14/h1-7,10-11,17,21,23H,8-9,12-13H2. The summed E-state index contributed by atoms with van der Waals surface area (Å²) in [4.78, 5) is 17.6. The Morgan fingerprint density at radius 3 is 2.88 bits per heavy atom. The van der Waals surface area contributed by atoms with Gasteiger partial charge in [0.05, 0.1) is 12.7 Å². The number of phenols is 1. The monoisotopic (exact) mass is 336 g/mol. The predicted octanol–water partition coefficient (Wildman–Crippen LogP) is 3.30. The van der Waals surface area contributed by atoms with Crippen molar-refractivity contribution in [3.05, 3.63) is 65.9 Å². The van der Waals surface area contributed by atoms with Crippen LogP contribution in [0.3, 0.4) is 0 Å². The second kappa shape index (κ2) is 6.61. The number of carbonyl (C=O) groups is 1. The molecule has 1 aliphatic heterocycles. The summed E-state index contributed by atoms with van der Waals surface area (Å²) in [5.41, 5.74) is 2.45. The summed E-state index contributed by atoms with van der Waals surface area (Å²) in [6.07, 6.45) is 0.914. The maximum atomic E-state index is 12.7. The van der Waals surface area contributed by atoms with E-state index in [0.717, 1.165) is 22.9 Å². The molecule has 4 rings (SSSR count). The van der Waals surface area contributed by atoms with E-state index in [0.29, 0.717) is 25.4 Å². The van der Waals surface area contributed by atoms with Crippen molar-refractivity contribution in [3.63, 3.8) is 0 Å². The van der Waals surface area contributed by atoms with E-state index < -0.39 is 0 Å². The van der Waals surface area contributed by atoms with E-state index in [4.69, 9.17) is 4.74 Å². The summed E-state index contributed by atoms with van der Waals surface area (Å²) in [6.45, 7) is 1.87. The predicted molar refractivity (Wildman–Crippen MR) is 95.5 cm³/mol. The zero-order chi connectivity index (χ0) is 17.2. The highest BCUT2D eigenvalue weighted by molar-refractivity contribution is 5.98. The number of fused-ring (bicyclic) bond motifs is 1. The topological polar surface area (TPSA) is 65.6 Å². The Balaban J connectivity index is 1.39. The second-order valence-corrected chi connectivity index (χ2v) is 6.41. The minimum atomic E-state index is -0.0264. The molecule has 1 unspecified atom stereocenters. The fourth-order valence-electron chi connectivity index (χ4n) is 3.24. The van der Waals surface area contributed by atoms with E-state index in [1.54, 1.807) is 18.2 Å². The van der Waals surface area contributed by atoms with Gasteiger partial charge in [-0.25, -0.2) is 0 Å². The van der Waals surface area contributed by atoms with Crippen LogP contribution < -0.4 is 0 Å². The van der Waals surface area contributed by atoms with Crippen molar-refractivity contribution in [1.82, 2.24) is 9.88 Å². The first-order valence-corrected chi connectivity index (χ1v) is 8.45. The lowest BCUT2D eigenvalue weighted by Gasteiger charge is -2.16. The number of aromatic amines is 1. The highest BCUT2D eigenvalue weighted by Gasteiger charge is 2.28. The Morgan fingerprint density at radius 1 is 1.20 bits per heavy atom. The summed E-state index contributed by atoms with van der Waals surface area (Å²) in [5, 5.41) is 10.5. The number of amides is 1. The van der Waals surface area contributed by atoms with E-state index in [2.05, 4.69) is 4.98 Å². The molecule has 25 heavy (non-hydrogen) atoms. The average molecular weight is 336 g/mol. The number of nitrogens with zero attached hydrogens (tertiary/aromatic N) is 1. The van der Waals surface area contributed by atoms with Gasteiger partial charge in [0.1, 0.15) is 11.4 Å². The van der Waals surface area contributed by atoms with Gasteiger partial charge in [0, 0.05) is 30.1 Å². The first-order chi connectivity index (χ1) is 12.2. The Morgan fingerprint density at radius 2 is 2.04 bits per heavy atom. The molecular formula is C20H20N2O3. The fourth-order valence-corrected chi connectivity index (χ4v) is 3.24. The van der Waals surface area contributed by atoms with Gasteiger partial charge in [-0.3, -0.25) is 4.79 Å². The number of phenolic OH excluding ortho intramolecular Hbond substituents is 1. The van der Waals surface area contributed by atoms with E-state index in [1.165, 1.54) is 0 Å². The molecule has 1 saturated heterocycles. The zero-order valence-electron chi connectivity index (χ0n) is 13.8. The number of aromatic hydroxyl groups is 1. The van der Waals surface area contributed by atoms with Crippen molar-refractivity contribution >= 4 is 16.8 Å². The van der Waals surface area contributed by atoms with Crippen LogP contribution in [-0.4, -0.2) is 40.1 Å². The fraction of sp³-hybridized carbons (Fsp3) is 0.250. The number of ether oxygens (including phenoxy) is 1. The largest absolute Gasteiger partial charge is 0.508 e. The molecule has 2 N–H and O–H groups in total. The lowest BCUT2D eigenvalue weighted by atomic mass is 10.2. The van der Waals surface area contributed by atoms with Crippen LogP contribution >= 0.6 is 0 Å². The van der Waals surface area contributed by atoms with Gasteiger partial charge in [-0.1, -0.05) is 30.3 Å². The third kappa shape index (κ3) is 3.37. The molecule has 5 nitrogen and oxygen atoms in total. The minimum Gasteiger partial charge on any atom is -0.508 e. The lowest BCUT2D eigenvalue weighted by Crippen LogP contribution is -2.30. The van der Waals surface area contributed by atoms with E-state index in [9.17, 15) is 9.90 Å². The molecular weight excluding hydrogens is 316 g/mol. The Kier molecular flexibility index (Phi) is 4.15. The van der Waals surface area contributed by atoms with E-state index in [1.807, 2.05) is 41.3 Å². The highest BCUT2D eigenvalue weighted by atomic mass is 16.5. The number of hydrogen-bond donors (Lipinski definition) is 2. The number of H-pyrrole nitrogens is 1. The number of benzene rings is 2. The second-order valence-electron chi connectivity index (χ2n) is 6.41. The lowest BCUT2D eigenvalue weighted by molar-refractivity contribution is 0.0436. The smallest absolute Gasteiger partial charge is 0.270 e. The number of nitrogens with one attached hydrogen (secondary N) is 1. The number of likely N-dealkylation sites (tertiary alicyclic amines) is 1. The molecule has 2 heterocycles. The van der Waals surface area contributed by atoms with Crippen molar-refractivity contribution in [2.45, 2.75) is 19.1 Å². The molecule has 1 aromatic heterocycles. The maximum absolute atomic E-state index is 12.7. The molecule has 0 saturated carbocycles. The number of hydrogen-bond acceptors (Lipinski definition) is 3. The molecule has 0 aliphatic carbocycles. The quantitative estimate of drug-likeness (QED) is 0.768. The minimum absolute atomic E-state index is 0.0264. The van der Waals surface area contributed by atoms with Crippen molar-refractivity contribution < 1.29 is 14.6 Å². The molecule has 128 valence electrons. The molecule has 0 bridgehead atoms. The molecule has 1 amide bonds. The van der Waals surface area contributed by atoms with Gasteiger partial charge in [0.25, 0.3) is 5.91 Å². The van der Waals surface area contributed by atoms with Gasteiger partial charge in [0.2, 0.25) is 0 Å². The van der Waals surface area contributed by atoms with E-state index >= 15 is 0 Å². The molecule has 2 aromatic carbocycles. The van der Waals surface area contributed by atoms with Crippen LogP contribution in [-0.2, 0) is 11.3 Å². The highest BCUT2D eigenvalue weighted by Crippen LogP contribution is 2.23. The van der Waals surface area contributed by atoms with Crippen molar-refractivity contribution in [2.75, 3.05) is 13.1 Å². The molecule has 0 radical (unpaired) electrons.